The molecule has 4 nitrogen and oxygen atoms in total. The van der Waals surface area contributed by atoms with Gasteiger partial charge in [0.05, 0.1) is 20.4 Å². The van der Waals surface area contributed by atoms with E-state index in [4.69, 9.17) is 9.47 Å². The van der Waals surface area contributed by atoms with Crippen LogP contribution in [0.25, 0.3) is 0 Å². The Morgan fingerprint density at radius 1 is 0.449 bits per heavy atom. The number of benzene rings is 4. The molecule has 0 heterocycles. The van der Waals surface area contributed by atoms with Gasteiger partial charge < -0.3 is 19.7 Å². The lowest BCUT2D eigenvalue weighted by atomic mass is 9.98. The lowest BCUT2D eigenvalue weighted by molar-refractivity contribution is 0.313. The van der Waals surface area contributed by atoms with E-state index >= 15 is 0 Å². The maximum Gasteiger partial charge on any atom is 0.207 e. The molecule has 5 heteroatoms. The Hall–Kier alpha value is -3.49. The highest BCUT2D eigenvalue weighted by Crippen LogP contribution is 2.56. The molecule has 4 aromatic carbocycles. The molecule has 0 saturated heterocycles. The first kappa shape index (κ1) is 38.3. The van der Waals surface area contributed by atoms with E-state index in [9.17, 15) is 10.2 Å². The third-order valence-electron chi connectivity index (χ3n) is 10.1. The topological polar surface area (TPSA) is 58.9 Å². The fourth-order valence-corrected chi connectivity index (χ4v) is 11.8. The number of ether oxygens (including phenoxy) is 2. The Kier molecular flexibility index (Phi) is 16.3. The fourth-order valence-electron chi connectivity index (χ4n) is 7.36. The van der Waals surface area contributed by atoms with Crippen molar-refractivity contribution in [2.75, 3.05) is 20.4 Å². The first-order valence-corrected chi connectivity index (χ1v) is 20.7. The van der Waals surface area contributed by atoms with E-state index in [1.807, 2.05) is 6.92 Å². The maximum atomic E-state index is 10.7. The van der Waals surface area contributed by atoms with Crippen LogP contribution in [-0.4, -0.2) is 30.6 Å². The fraction of sp³-hybridized carbons (Fsp3) is 0.455. The normalized spacial score (nSPS) is 11.5. The van der Waals surface area contributed by atoms with E-state index in [2.05, 4.69) is 91.0 Å². The molecule has 0 spiro atoms. The monoisotopic (exact) mass is 683 g/mol. The van der Waals surface area contributed by atoms with Gasteiger partial charge in [0.1, 0.15) is 23.2 Å². The zero-order valence-corrected chi connectivity index (χ0v) is 31.2. The first-order chi connectivity index (χ1) is 24.0. The minimum absolute atomic E-state index is 0.0528. The molecule has 4 rings (SSSR count). The highest BCUT2D eigenvalue weighted by atomic mass is 31.2. The van der Waals surface area contributed by atoms with Crippen molar-refractivity contribution < 1.29 is 19.7 Å². The van der Waals surface area contributed by atoms with Gasteiger partial charge in [0.2, 0.25) is 11.5 Å². The number of aromatic hydroxyl groups is 2. The highest BCUT2D eigenvalue weighted by molar-refractivity contribution is 7.95. The van der Waals surface area contributed by atoms with Gasteiger partial charge in [-0.25, -0.2) is 0 Å². The van der Waals surface area contributed by atoms with Gasteiger partial charge >= 0.3 is 0 Å². The average Bonchev–Trinajstić information content (AvgIpc) is 3.15. The largest absolute Gasteiger partial charge is 0.504 e. The Bertz CT molecular complexity index is 1390. The van der Waals surface area contributed by atoms with E-state index in [-0.39, 0.29) is 23.0 Å². The summed E-state index contributed by atoms with van der Waals surface area (Å²) < 4.78 is 10.5. The van der Waals surface area contributed by atoms with Crippen molar-refractivity contribution in [2.45, 2.75) is 110 Å². The number of hydrogen-bond donors (Lipinski definition) is 2. The van der Waals surface area contributed by atoms with Gasteiger partial charge in [-0.2, -0.15) is 0 Å². The number of hydrogen-bond acceptors (Lipinski definition) is 4. The molecule has 0 amide bonds. The molecule has 0 aromatic heterocycles. The summed E-state index contributed by atoms with van der Waals surface area (Å²) in [5.74, 6) is 0.549. The molecular formula is C44H60O4P+. The Balaban J connectivity index is 1.07. The van der Waals surface area contributed by atoms with Crippen molar-refractivity contribution in [3.05, 3.63) is 102 Å². The van der Waals surface area contributed by atoms with E-state index < -0.39 is 7.26 Å². The van der Waals surface area contributed by atoms with Crippen LogP contribution in [0.15, 0.2) is 91.0 Å². The Labute approximate surface area is 297 Å². The minimum atomic E-state index is -1.69. The summed E-state index contributed by atoms with van der Waals surface area (Å²) >= 11 is 0. The lowest BCUT2D eigenvalue weighted by Crippen LogP contribution is -2.33. The summed E-state index contributed by atoms with van der Waals surface area (Å²) in [6.45, 7) is 1.82. The quantitative estimate of drug-likeness (QED) is 0.0464. The molecule has 264 valence electrons. The van der Waals surface area contributed by atoms with Gasteiger partial charge in [0, 0.05) is 11.1 Å². The van der Waals surface area contributed by atoms with Crippen LogP contribution in [0.4, 0.5) is 0 Å². The summed E-state index contributed by atoms with van der Waals surface area (Å²) in [4.78, 5) is 0. The average molecular weight is 684 g/mol. The molecule has 0 aliphatic carbocycles. The number of rotatable bonds is 23. The molecule has 4 aromatic rings. The number of methoxy groups -OCH3 is 2. The summed E-state index contributed by atoms with van der Waals surface area (Å²) in [6, 6.07) is 33.9. The van der Waals surface area contributed by atoms with Crippen LogP contribution in [0.5, 0.6) is 23.0 Å². The van der Waals surface area contributed by atoms with E-state index in [0.717, 1.165) is 24.8 Å². The second-order valence-corrected chi connectivity index (χ2v) is 17.1. The minimum Gasteiger partial charge on any atom is -0.504 e. The van der Waals surface area contributed by atoms with Crippen LogP contribution in [0.1, 0.15) is 107 Å². The molecule has 0 bridgehead atoms. The third-order valence-corrected chi connectivity index (χ3v) is 14.7. The lowest BCUT2D eigenvalue weighted by Gasteiger charge is -2.27. The molecule has 0 atom stereocenters. The van der Waals surface area contributed by atoms with Gasteiger partial charge in [-0.15, -0.1) is 0 Å². The SMILES string of the molecule is COc1c(O)c(C)c(CCCCCCCCCCCCCCCCC[P+](c2ccccc2)(c2ccccc2)c2ccccc2)c(O)c1OC. The summed E-state index contributed by atoms with van der Waals surface area (Å²) in [5, 5.41) is 25.6. The molecule has 2 N–H and O–H groups in total. The van der Waals surface area contributed by atoms with Crippen LogP contribution >= 0.6 is 7.26 Å². The Morgan fingerprint density at radius 2 is 0.776 bits per heavy atom. The smallest absolute Gasteiger partial charge is 0.207 e. The predicted octanol–water partition coefficient (Wildman–Crippen LogP) is 10.8. The number of phenolic OH excluding ortho intramolecular Hbond substituents is 2. The maximum absolute atomic E-state index is 10.7. The van der Waals surface area contributed by atoms with Gasteiger partial charge in [0.25, 0.3) is 0 Å². The summed E-state index contributed by atoms with van der Waals surface area (Å²) in [7, 11) is 1.26. The van der Waals surface area contributed by atoms with Crippen LogP contribution in [0, 0.1) is 6.92 Å². The first-order valence-electron chi connectivity index (χ1n) is 18.7. The number of unbranched alkanes of at least 4 members (excludes halogenated alkanes) is 14. The highest BCUT2D eigenvalue weighted by Gasteiger charge is 2.44. The number of phenols is 2. The molecule has 0 radical (unpaired) electrons. The molecule has 0 unspecified atom stereocenters. The standard InChI is InChI=1S/C44H59O4P/c1-36-40(42(46)44(48-3)43(47-2)41(36)45)34-26-15-13-11-9-7-5-4-6-8-10-12-14-16-27-35-49(37-28-20-17-21-29-37,38-30-22-18-23-31-38)39-32-24-19-25-33-39/h17-25,28-33H,4-16,26-27,34-35H2,1-3H3,(H-,45,46)/p+1. The molecule has 0 aliphatic rings. The third kappa shape index (κ3) is 10.5. The van der Waals surface area contributed by atoms with Crippen molar-refractivity contribution in [2.24, 2.45) is 0 Å². The van der Waals surface area contributed by atoms with E-state index in [1.54, 1.807) is 0 Å². The summed E-state index contributed by atoms with van der Waals surface area (Å²) in [5.41, 5.74) is 1.43. The van der Waals surface area contributed by atoms with Crippen molar-refractivity contribution in [3.8, 4) is 23.0 Å². The van der Waals surface area contributed by atoms with Gasteiger partial charge in [-0.1, -0.05) is 132 Å². The molecular weight excluding hydrogens is 623 g/mol. The summed E-state index contributed by atoms with van der Waals surface area (Å²) in [6.07, 6.45) is 21.3. The van der Waals surface area contributed by atoms with E-state index in [1.165, 1.54) is 120 Å². The zero-order valence-electron chi connectivity index (χ0n) is 30.3. The van der Waals surface area contributed by atoms with Crippen molar-refractivity contribution in [1.82, 2.24) is 0 Å². The van der Waals surface area contributed by atoms with Gasteiger partial charge in [-0.3, -0.25) is 0 Å². The van der Waals surface area contributed by atoms with Crippen molar-refractivity contribution in [3.63, 3.8) is 0 Å². The van der Waals surface area contributed by atoms with Gasteiger partial charge in [-0.05, 0) is 69.0 Å². The van der Waals surface area contributed by atoms with E-state index in [0.29, 0.717) is 5.56 Å². The second-order valence-electron chi connectivity index (χ2n) is 13.5. The molecule has 0 aliphatic heterocycles. The van der Waals surface area contributed by atoms with Crippen LogP contribution in [0.2, 0.25) is 0 Å². The zero-order chi connectivity index (χ0) is 34.7. The van der Waals surface area contributed by atoms with Crippen LogP contribution in [-0.2, 0) is 6.42 Å². The molecule has 0 saturated carbocycles. The molecule has 49 heavy (non-hydrogen) atoms. The molecule has 0 fully saturated rings. The van der Waals surface area contributed by atoms with Crippen molar-refractivity contribution >= 4 is 23.2 Å². The van der Waals surface area contributed by atoms with Crippen LogP contribution in [0.3, 0.4) is 0 Å². The van der Waals surface area contributed by atoms with Crippen LogP contribution < -0.4 is 25.4 Å². The van der Waals surface area contributed by atoms with Crippen molar-refractivity contribution in [1.29, 1.82) is 0 Å². The predicted molar refractivity (Wildman–Crippen MR) is 211 cm³/mol. The second kappa shape index (κ2) is 20.9. The van der Waals surface area contributed by atoms with Gasteiger partial charge in [0.15, 0.2) is 11.5 Å². The Morgan fingerprint density at radius 3 is 1.14 bits per heavy atom.